The molecule has 0 unspecified atom stereocenters. The molecule has 1 N–H and O–H groups in total. The number of hydrogen-bond acceptors (Lipinski definition) is 3. The second kappa shape index (κ2) is 8.62. The van der Waals surface area contributed by atoms with Crippen molar-refractivity contribution >= 4 is 21.5 Å². The molecule has 1 amide bonds. The molecule has 0 aromatic heterocycles. The zero-order valence-corrected chi connectivity index (χ0v) is 15.9. The Kier molecular flexibility index (Phi) is 6.21. The largest absolute Gasteiger partial charge is 0.339 e. The van der Waals surface area contributed by atoms with Crippen molar-refractivity contribution in [2.45, 2.75) is 17.7 Å². The highest BCUT2D eigenvalue weighted by molar-refractivity contribution is 7.89. The number of halogens is 2. The average Bonchev–Trinajstić information content (AvgIpc) is 2.70. The fraction of sp³-hybridized carbons (Fsp3) is 0.250. The summed E-state index contributed by atoms with van der Waals surface area (Å²) >= 11 is 0. The van der Waals surface area contributed by atoms with Gasteiger partial charge in [0.05, 0.1) is 4.90 Å². The molecular weight excluding hydrogens is 386 g/mol. The number of hydrogen-bond donors (Lipinski definition) is 1. The van der Waals surface area contributed by atoms with Crippen LogP contribution in [0.3, 0.4) is 0 Å². The van der Waals surface area contributed by atoms with Crippen LogP contribution in [0.15, 0.2) is 59.5 Å². The number of carbonyl (C=O) groups excluding carboxylic acids is 1. The van der Waals surface area contributed by atoms with Crippen molar-refractivity contribution in [1.29, 1.82) is 0 Å². The van der Waals surface area contributed by atoms with Crippen molar-refractivity contribution in [3.8, 4) is 0 Å². The minimum atomic E-state index is -4.01. The van der Waals surface area contributed by atoms with E-state index in [0.29, 0.717) is 19.2 Å². The quantitative estimate of drug-likeness (QED) is 0.802. The Morgan fingerprint density at radius 2 is 1.82 bits per heavy atom. The lowest BCUT2D eigenvalue weighted by Gasteiger charge is -2.26. The van der Waals surface area contributed by atoms with Gasteiger partial charge in [0, 0.05) is 26.1 Å². The topological polar surface area (TPSA) is 66.5 Å². The smallest absolute Gasteiger partial charge is 0.240 e. The zero-order chi connectivity index (χ0) is 20.1. The normalized spacial score (nSPS) is 14.6. The van der Waals surface area contributed by atoms with Gasteiger partial charge >= 0.3 is 0 Å². The number of sulfonamides is 1. The molecular formula is C20H20F2N2O3S. The van der Waals surface area contributed by atoms with Gasteiger partial charge in [0.15, 0.2) is 11.6 Å². The van der Waals surface area contributed by atoms with Crippen LogP contribution in [0.5, 0.6) is 0 Å². The third kappa shape index (κ3) is 4.82. The zero-order valence-electron chi connectivity index (χ0n) is 15.1. The summed E-state index contributed by atoms with van der Waals surface area (Å²) in [5, 5.41) is 0. The van der Waals surface area contributed by atoms with E-state index in [1.807, 2.05) is 36.4 Å². The van der Waals surface area contributed by atoms with Crippen molar-refractivity contribution in [3.05, 3.63) is 71.8 Å². The summed E-state index contributed by atoms with van der Waals surface area (Å²) in [6.07, 6.45) is 2.72. The van der Waals surface area contributed by atoms with E-state index in [4.69, 9.17) is 0 Å². The summed E-state index contributed by atoms with van der Waals surface area (Å²) in [6, 6.07) is 12.3. The van der Waals surface area contributed by atoms with Gasteiger partial charge in [-0.05, 0) is 35.8 Å². The molecule has 5 nitrogen and oxygen atoms in total. The van der Waals surface area contributed by atoms with Gasteiger partial charge in [-0.3, -0.25) is 4.79 Å². The standard InChI is InChI=1S/C20H20F2N2O3S/c21-18-7-6-17(14-19(18)22)28(26,27)23-11-8-20(25)24-12-9-16(10-13-24)15-4-2-1-3-5-15/h1-7,9,14,23H,8,10-13H2. The Labute approximate surface area is 162 Å². The maximum atomic E-state index is 13.2. The van der Waals surface area contributed by atoms with Gasteiger partial charge in [-0.15, -0.1) is 0 Å². The third-order valence-corrected chi connectivity index (χ3v) is 6.00. The third-order valence-electron chi connectivity index (χ3n) is 4.54. The lowest BCUT2D eigenvalue weighted by Crippen LogP contribution is -2.37. The van der Waals surface area contributed by atoms with Crippen molar-refractivity contribution in [1.82, 2.24) is 9.62 Å². The van der Waals surface area contributed by atoms with E-state index >= 15 is 0 Å². The van der Waals surface area contributed by atoms with Crippen molar-refractivity contribution in [2.75, 3.05) is 19.6 Å². The van der Waals surface area contributed by atoms with E-state index in [2.05, 4.69) is 4.72 Å². The highest BCUT2D eigenvalue weighted by Crippen LogP contribution is 2.22. The van der Waals surface area contributed by atoms with Crippen LogP contribution in [0.1, 0.15) is 18.4 Å². The Morgan fingerprint density at radius 3 is 2.46 bits per heavy atom. The lowest BCUT2D eigenvalue weighted by atomic mass is 9.99. The minimum absolute atomic E-state index is 0.0165. The summed E-state index contributed by atoms with van der Waals surface area (Å²) in [7, 11) is -4.01. The van der Waals surface area contributed by atoms with E-state index in [9.17, 15) is 22.0 Å². The SMILES string of the molecule is O=C(CCNS(=O)(=O)c1ccc(F)c(F)c1)N1CC=C(c2ccccc2)CC1. The Hall–Kier alpha value is -2.58. The van der Waals surface area contributed by atoms with Crippen molar-refractivity contribution in [2.24, 2.45) is 0 Å². The predicted molar refractivity (Wildman–Crippen MR) is 102 cm³/mol. The molecule has 3 rings (SSSR count). The summed E-state index contributed by atoms with van der Waals surface area (Å²) in [6.45, 7) is 0.917. The summed E-state index contributed by atoms with van der Waals surface area (Å²) in [5.74, 6) is -2.54. The van der Waals surface area contributed by atoms with E-state index in [0.717, 1.165) is 24.1 Å². The summed E-state index contributed by atoms with van der Waals surface area (Å²) < 4.78 is 52.6. The van der Waals surface area contributed by atoms with Crippen LogP contribution in [0.25, 0.3) is 5.57 Å². The van der Waals surface area contributed by atoms with Crippen molar-refractivity contribution in [3.63, 3.8) is 0 Å². The van der Waals surface area contributed by atoms with Crippen LogP contribution in [0.2, 0.25) is 0 Å². The number of benzene rings is 2. The van der Waals surface area contributed by atoms with Gasteiger partial charge in [-0.2, -0.15) is 0 Å². The Morgan fingerprint density at radius 1 is 1.07 bits per heavy atom. The van der Waals surface area contributed by atoms with Gasteiger partial charge in [-0.25, -0.2) is 21.9 Å². The monoisotopic (exact) mass is 406 g/mol. The van der Waals surface area contributed by atoms with Gasteiger partial charge < -0.3 is 4.90 Å². The lowest BCUT2D eigenvalue weighted by molar-refractivity contribution is -0.130. The molecule has 8 heteroatoms. The first-order valence-corrected chi connectivity index (χ1v) is 10.3. The summed E-state index contributed by atoms with van der Waals surface area (Å²) in [5.41, 5.74) is 2.32. The second-order valence-electron chi connectivity index (χ2n) is 6.41. The average molecular weight is 406 g/mol. The minimum Gasteiger partial charge on any atom is -0.339 e. The van der Waals surface area contributed by atoms with E-state index in [1.54, 1.807) is 4.90 Å². The van der Waals surface area contributed by atoms with Gasteiger partial charge in [-0.1, -0.05) is 36.4 Å². The molecule has 0 spiro atoms. The first kappa shape index (κ1) is 20.2. The van der Waals surface area contributed by atoms with Crippen LogP contribution in [0.4, 0.5) is 8.78 Å². The van der Waals surface area contributed by atoms with Gasteiger partial charge in [0.25, 0.3) is 0 Å². The number of carbonyl (C=O) groups is 1. The molecule has 1 aliphatic rings. The first-order chi connectivity index (χ1) is 13.4. The summed E-state index contributed by atoms with van der Waals surface area (Å²) in [4.78, 5) is 13.6. The molecule has 0 bridgehead atoms. The predicted octanol–water partition coefficient (Wildman–Crippen LogP) is 2.95. The maximum Gasteiger partial charge on any atom is 0.240 e. The Bertz CT molecular complexity index is 992. The number of nitrogens with zero attached hydrogens (tertiary/aromatic N) is 1. The van der Waals surface area contributed by atoms with Gasteiger partial charge in [0.1, 0.15) is 0 Å². The first-order valence-electron chi connectivity index (χ1n) is 8.84. The van der Waals surface area contributed by atoms with Gasteiger partial charge in [0.2, 0.25) is 15.9 Å². The molecule has 0 fully saturated rings. The second-order valence-corrected chi connectivity index (χ2v) is 8.18. The fourth-order valence-electron chi connectivity index (χ4n) is 2.99. The van der Waals surface area contributed by atoms with Crippen LogP contribution >= 0.6 is 0 Å². The van der Waals surface area contributed by atoms with E-state index in [-0.39, 0.29) is 23.8 Å². The number of rotatable bonds is 6. The molecule has 0 aliphatic carbocycles. The van der Waals surface area contributed by atoms with Crippen LogP contribution in [-0.4, -0.2) is 38.9 Å². The molecule has 0 saturated heterocycles. The number of amides is 1. The molecule has 2 aromatic carbocycles. The molecule has 0 radical (unpaired) electrons. The van der Waals surface area contributed by atoms with E-state index in [1.165, 1.54) is 5.57 Å². The molecule has 0 atom stereocenters. The van der Waals surface area contributed by atoms with Crippen molar-refractivity contribution < 1.29 is 22.0 Å². The van der Waals surface area contributed by atoms with Crippen LogP contribution in [0, 0.1) is 11.6 Å². The molecule has 1 aliphatic heterocycles. The highest BCUT2D eigenvalue weighted by atomic mass is 32.2. The molecule has 28 heavy (non-hydrogen) atoms. The van der Waals surface area contributed by atoms with Crippen LogP contribution < -0.4 is 4.72 Å². The molecule has 1 heterocycles. The Balaban J connectivity index is 1.52. The fourth-order valence-corrected chi connectivity index (χ4v) is 4.03. The number of nitrogens with one attached hydrogen (secondary N) is 1. The molecule has 148 valence electrons. The molecule has 0 saturated carbocycles. The van der Waals surface area contributed by atoms with E-state index < -0.39 is 21.7 Å². The maximum absolute atomic E-state index is 13.2. The van der Waals surface area contributed by atoms with Crippen LogP contribution in [-0.2, 0) is 14.8 Å². The molecule has 2 aromatic rings. The highest BCUT2D eigenvalue weighted by Gasteiger charge is 2.20.